The monoisotopic (exact) mass is 566 g/mol. The van der Waals surface area contributed by atoms with Gasteiger partial charge in [0.2, 0.25) is 0 Å². The summed E-state index contributed by atoms with van der Waals surface area (Å²) in [5, 5.41) is 0. The molecule has 0 aliphatic carbocycles. The van der Waals surface area contributed by atoms with Crippen molar-refractivity contribution in [2.75, 3.05) is 13.2 Å². The van der Waals surface area contributed by atoms with Crippen molar-refractivity contribution in [1.82, 2.24) is 0 Å². The standard InChI is InChI=1S/C35H34O7/c1-4-11-32(42-35(38)30-19-22-31(23-20-30)39-24-9-10-25-40-33(36)5-2)21-14-26(3)41-34(37)29-17-15-28(16-18-29)27-12-7-6-8-13-27/h4-8,11-23H,2,9-10,24-25H2,1,3H3/b11-4-,26-14+,32-21+. The minimum absolute atomic E-state index is 0.280. The van der Waals surface area contributed by atoms with Crippen molar-refractivity contribution >= 4 is 17.9 Å². The first-order valence-corrected chi connectivity index (χ1v) is 13.5. The second-order valence-electron chi connectivity index (χ2n) is 9.02. The van der Waals surface area contributed by atoms with Gasteiger partial charge in [-0.2, -0.15) is 0 Å². The van der Waals surface area contributed by atoms with E-state index in [1.165, 1.54) is 0 Å². The lowest BCUT2D eigenvalue weighted by Gasteiger charge is -2.08. The van der Waals surface area contributed by atoms with Gasteiger partial charge in [-0.3, -0.25) is 0 Å². The van der Waals surface area contributed by atoms with E-state index in [1.807, 2.05) is 42.5 Å². The van der Waals surface area contributed by atoms with Gasteiger partial charge >= 0.3 is 17.9 Å². The normalized spacial score (nSPS) is 11.6. The fourth-order valence-electron chi connectivity index (χ4n) is 3.63. The van der Waals surface area contributed by atoms with E-state index in [9.17, 15) is 14.4 Å². The summed E-state index contributed by atoms with van der Waals surface area (Å²) in [7, 11) is 0. The van der Waals surface area contributed by atoms with Crippen molar-refractivity contribution in [2.24, 2.45) is 0 Å². The number of carbonyl (C=O) groups is 3. The summed E-state index contributed by atoms with van der Waals surface area (Å²) < 4.78 is 21.6. The van der Waals surface area contributed by atoms with Crippen LogP contribution in [-0.4, -0.2) is 31.1 Å². The van der Waals surface area contributed by atoms with E-state index in [1.54, 1.807) is 74.5 Å². The van der Waals surface area contributed by atoms with Crippen LogP contribution >= 0.6 is 0 Å². The molecule has 3 rings (SSSR count). The van der Waals surface area contributed by atoms with Crippen molar-refractivity contribution in [3.8, 4) is 16.9 Å². The number of esters is 3. The molecule has 0 spiro atoms. The Morgan fingerprint density at radius 2 is 1.33 bits per heavy atom. The maximum Gasteiger partial charge on any atom is 0.343 e. The Balaban J connectivity index is 1.51. The van der Waals surface area contributed by atoms with E-state index >= 15 is 0 Å². The van der Waals surface area contributed by atoms with Gasteiger partial charge in [0.1, 0.15) is 17.3 Å². The average molecular weight is 567 g/mol. The molecule has 3 aromatic rings. The molecule has 0 amide bonds. The largest absolute Gasteiger partial charge is 0.494 e. The summed E-state index contributed by atoms with van der Waals surface area (Å²) in [6.07, 6.45) is 8.99. The minimum atomic E-state index is -0.545. The molecular weight excluding hydrogens is 532 g/mol. The highest BCUT2D eigenvalue weighted by Gasteiger charge is 2.11. The van der Waals surface area contributed by atoms with Gasteiger partial charge < -0.3 is 18.9 Å². The number of carbonyl (C=O) groups excluding carboxylic acids is 3. The molecule has 7 nitrogen and oxygen atoms in total. The first-order valence-electron chi connectivity index (χ1n) is 13.5. The molecule has 0 heterocycles. The third-order valence-corrected chi connectivity index (χ3v) is 5.81. The number of hydrogen-bond acceptors (Lipinski definition) is 7. The van der Waals surface area contributed by atoms with Crippen LogP contribution in [0.3, 0.4) is 0 Å². The molecule has 42 heavy (non-hydrogen) atoms. The molecule has 7 heteroatoms. The van der Waals surface area contributed by atoms with Crippen LogP contribution in [0.5, 0.6) is 5.75 Å². The Bertz CT molecular complexity index is 1430. The van der Waals surface area contributed by atoms with E-state index in [0.29, 0.717) is 48.7 Å². The maximum absolute atomic E-state index is 12.7. The van der Waals surface area contributed by atoms with Gasteiger partial charge in [-0.25, -0.2) is 14.4 Å². The summed E-state index contributed by atoms with van der Waals surface area (Å²) >= 11 is 0. The lowest BCUT2D eigenvalue weighted by Crippen LogP contribution is -2.06. The molecule has 0 fully saturated rings. The van der Waals surface area contributed by atoms with Crippen molar-refractivity contribution < 1.29 is 33.3 Å². The zero-order valence-electron chi connectivity index (χ0n) is 23.8. The molecule has 0 aromatic heterocycles. The van der Waals surface area contributed by atoms with Gasteiger partial charge in [-0.05, 0) is 92.4 Å². The average Bonchev–Trinajstić information content (AvgIpc) is 3.02. The van der Waals surface area contributed by atoms with Crippen molar-refractivity contribution in [1.29, 1.82) is 0 Å². The van der Waals surface area contributed by atoms with Crippen LogP contribution < -0.4 is 4.74 Å². The Hall–Kier alpha value is -5.17. The summed E-state index contributed by atoms with van der Waals surface area (Å²) in [5.74, 6) is -0.250. The van der Waals surface area contributed by atoms with E-state index in [2.05, 4.69) is 6.58 Å². The van der Waals surface area contributed by atoms with Crippen LogP contribution in [0.25, 0.3) is 11.1 Å². The number of unbranched alkanes of at least 4 members (excludes halogenated alkanes) is 1. The first kappa shape index (κ1) is 31.4. The second-order valence-corrected chi connectivity index (χ2v) is 9.02. The Kier molecular flexibility index (Phi) is 12.6. The van der Waals surface area contributed by atoms with Crippen molar-refractivity contribution in [2.45, 2.75) is 26.7 Å². The predicted molar refractivity (Wildman–Crippen MR) is 162 cm³/mol. The topological polar surface area (TPSA) is 88.1 Å². The number of rotatable bonds is 14. The Labute approximate surface area is 246 Å². The van der Waals surface area contributed by atoms with Crippen LogP contribution in [-0.2, 0) is 19.0 Å². The van der Waals surface area contributed by atoms with Gasteiger partial charge in [-0.15, -0.1) is 0 Å². The Morgan fingerprint density at radius 1 is 0.738 bits per heavy atom. The van der Waals surface area contributed by atoms with Crippen LogP contribution in [0.1, 0.15) is 47.4 Å². The van der Waals surface area contributed by atoms with Crippen LogP contribution in [0, 0.1) is 0 Å². The molecule has 0 N–H and O–H groups in total. The molecule has 0 radical (unpaired) electrons. The second kappa shape index (κ2) is 16.8. The molecule has 0 saturated heterocycles. The molecule has 3 aromatic carbocycles. The third-order valence-electron chi connectivity index (χ3n) is 5.81. The predicted octanol–water partition coefficient (Wildman–Crippen LogP) is 7.62. The highest BCUT2D eigenvalue weighted by atomic mass is 16.5. The molecule has 0 unspecified atom stereocenters. The lowest BCUT2D eigenvalue weighted by molar-refractivity contribution is -0.137. The van der Waals surface area contributed by atoms with E-state index in [4.69, 9.17) is 18.9 Å². The summed E-state index contributed by atoms with van der Waals surface area (Å²) in [6, 6.07) is 23.7. The third kappa shape index (κ3) is 10.4. The molecular formula is C35H34O7. The van der Waals surface area contributed by atoms with Crippen molar-refractivity contribution in [3.63, 3.8) is 0 Å². The highest BCUT2D eigenvalue weighted by molar-refractivity contribution is 5.91. The molecule has 0 bridgehead atoms. The van der Waals surface area contributed by atoms with Crippen LogP contribution in [0.15, 0.2) is 127 Å². The van der Waals surface area contributed by atoms with E-state index in [0.717, 1.165) is 17.2 Å². The lowest BCUT2D eigenvalue weighted by atomic mass is 10.0. The number of benzene rings is 3. The molecule has 0 atom stereocenters. The maximum atomic E-state index is 12.7. The molecule has 216 valence electrons. The number of allylic oxidation sites excluding steroid dienone is 5. The van der Waals surface area contributed by atoms with E-state index in [-0.39, 0.29) is 5.76 Å². The van der Waals surface area contributed by atoms with Gasteiger partial charge in [0.15, 0.2) is 0 Å². The van der Waals surface area contributed by atoms with Crippen molar-refractivity contribution in [3.05, 3.63) is 138 Å². The van der Waals surface area contributed by atoms with Crippen LogP contribution in [0.2, 0.25) is 0 Å². The molecule has 0 aliphatic rings. The van der Waals surface area contributed by atoms with Gasteiger partial charge in [0, 0.05) is 6.08 Å². The fraction of sp³-hybridized carbons (Fsp3) is 0.171. The van der Waals surface area contributed by atoms with Gasteiger partial charge in [0.25, 0.3) is 0 Å². The minimum Gasteiger partial charge on any atom is -0.494 e. The number of hydrogen-bond donors (Lipinski definition) is 0. The smallest absolute Gasteiger partial charge is 0.343 e. The quantitative estimate of drug-likeness (QED) is 0.0495. The van der Waals surface area contributed by atoms with Gasteiger partial charge in [0.05, 0.1) is 24.3 Å². The highest BCUT2D eigenvalue weighted by Crippen LogP contribution is 2.20. The van der Waals surface area contributed by atoms with E-state index < -0.39 is 17.9 Å². The molecule has 0 aliphatic heterocycles. The van der Waals surface area contributed by atoms with Gasteiger partial charge in [-0.1, -0.05) is 55.1 Å². The summed E-state index contributed by atoms with van der Waals surface area (Å²) in [6.45, 7) is 7.54. The number of ether oxygens (including phenoxy) is 4. The Morgan fingerprint density at radius 3 is 1.98 bits per heavy atom. The van der Waals surface area contributed by atoms with Crippen LogP contribution in [0.4, 0.5) is 0 Å². The summed E-state index contributed by atoms with van der Waals surface area (Å²) in [5.41, 5.74) is 2.84. The SMILES string of the molecule is C=CC(=O)OCCCCOc1ccc(C(=O)OC(/C=C\C)=C/C=C(\C)OC(=O)c2ccc(-c3ccccc3)cc2)cc1. The zero-order chi connectivity index (χ0) is 30.2. The summed E-state index contributed by atoms with van der Waals surface area (Å²) in [4.78, 5) is 36.3. The first-order chi connectivity index (χ1) is 20.4. The zero-order valence-corrected chi connectivity index (χ0v) is 23.8. The fourth-order valence-corrected chi connectivity index (χ4v) is 3.63. The molecule has 0 saturated carbocycles.